The van der Waals surface area contributed by atoms with Crippen molar-refractivity contribution in [1.82, 2.24) is 10.2 Å². The van der Waals surface area contributed by atoms with Crippen LogP contribution in [-0.2, 0) is 11.3 Å². The maximum absolute atomic E-state index is 12.2. The Morgan fingerprint density at radius 2 is 2.30 bits per heavy atom. The van der Waals surface area contributed by atoms with Crippen LogP contribution in [0.2, 0.25) is 0 Å². The van der Waals surface area contributed by atoms with Gasteiger partial charge in [-0.05, 0) is 38.9 Å². The van der Waals surface area contributed by atoms with E-state index in [0.717, 1.165) is 18.6 Å². The van der Waals surface area contributed by atoms with E-state index in [-0.39, 0.29) is 18.0 Å². The highest BCUT2D eigenvalue weighted by molar-refractivity contribution is 5.81. The average molecular weight is 279 g/mol. The van der Waals surface area contributed by atoms with Crippen molar-refractivity contribution >= 4 is 5.91 Å². The van der Waals surface area contributed by atoms with Gasteiger partial charge in [-0.25, -0.2) is 0 Å². The largest absolute Gasteiger partial charge is 0.467 e. The number of nitrogens with zero attached hydrogens (tertiary/aromatic N) is 1. The molecule has 0 bridgehead atoms. The zero-order valence-corrected chi connectivity index (χ0v) is 12.3. The molecule has 1 amide bonds. The van der Waals surface area contributed by atoms with Crippen molar-refractivity contribution in [3.05, 3.63) is 24.2 Å². The Morgan fingerprint density at radius 1 is 1.55 bits per heavy atom. The van der Waals surface area contributed by atoms with E-state index >= 15 is 0 Å². The smallest absolute Gasteiger partial charge is 0.237 e. The highest BCUT2D eigenvalue weighted by Gasteiger charge is 2.30. The number of hydrogen-bond acceptors (Lipinski definition) is 4. The van der Waals surface area contributed by atoms with Crippen molar-refractivity contribution in [2.75, 3.05) is 7.05 Å². The van der Waals surface area contributed by atoms with E-state index < -0.39 is 0 Å². The summed E-state index contributed by atoms with van der Waals surface area (Å²) in [6.45, 7) is 2.36. The highest BCUT2D eigenvalue weighted by Crippen LogP contribution is 2.22. The number of hydrogen-bond donors (Lipinski definition) is 2. The van der Waals surface area contributed by atoms with Crippen LogP contribution in [0, 0.1) is 0 Å². The maximum atomic E-state index is 12.2. The summed E-state index contributed by atoms with van der Waals surface area (Å²) >= 11 is 0. The van der Waals surface area contributed by atoms with E-state index in [1.54, 1.807) is 6.26 Å². The van der Waals surface area contributed by atoms with Crippen LogP contribution >= 0.6 is 0 Å². The molecule has 3 atom stereocenters. The minimum absolute atomic E-state index is 0.0154. The van der Waals surface area contributed by atoms with Crippen molar-refractivity contribution in [3.63, 3.8) is 0 Å². The van der Waals surface area contributed by atoms with Gasteiger partial charge >= 0.3 is 0 Å². The van der Waals surface area contributed by atoms with E-state index in [1.165, 1.54) is 12.8 Å². The third kappa shape index (κ3) is 3.61. The molecule has 112 valence electrons. The van der Waals surface area contributed by atoms with Gasteiger partial charge in [0.1, 0.15) is 5.76 Å². The molecule has 1 fully saturated rings. The summed E-state index contributed by atoms with van der Waals surface area (Å²) in [5, 5.41) is 2.90. The fourth-order valence-electron chi connectivity index (χ4n) is 2.85. The van der Waals surface area contributed by atoms with Gasteiger partial charge in [0.05, 0.1) is 18.8 Å². The van der Waals surface area contributed by atoms with E-state index in [1.807, 2.05) is 26.1 Å². The van der Waals surface area contributed by atoms with Gasteiger partial charge in [-0.1, -0.05) is 12.8 Å². The summed E-state index contributed by atoms with van der Waals surface area (Å²) in [5.41, 5.74) is 6.18. The third-order valence-electron chi connectivity index (χ3n) is 4.31. The van der Waals surface area contributed by atoms with Crippen LogP contribution in [-0.4, -0.2) is 36.0 Å². The first-order chi connectivity index (χ1) is 9.59. The van der Waals surface area contributed by atoms with Crippen LogP contribution in [0.15, 0.2) is 22.8 Å². The van der Waals surface area contributed by atoms with Crippen LogP contribution in [0.3, 0.4) is 0 Å². The van der Waals surface area contributed by atoms with Crippen LogP contribution in [0.25, 0.3) is 0 Å². The van der Waals surface area contributed by atoms with Gasteiger partial charge < -0.3 is 15.5 Å². The predicted molar refractivity (Wildman–Crippen MR) is 78.0 cm³/mol. The van der Waals surface area contributed by atoms with Crippen LogP contribution in [0.1, 0.15) is 38.4 Å². The van der Waals surface area contributed by atoms with Crippen molar-refractivity contribution in [3.8, 4) is 0 Å². The van der Waals surface area contributed by atoms with Crippen molar-refractivity contribution in [1.29, 1.82) is 0 Å². The summed E-state index contributed by atoms with van der Waals surface area (Å²) in [6, 6.07) is 3.96. The minimum atomic E-state index is -0.181. The normalized spacial score (nSPS) is 24.6. The summed E-state index contributed by atoms with van der Waals surface area (Å²) in [6.07, 6.45) is 6.13. The maximum Gasteiger partial charge on any atom is 0.237 e. The average Bonchev–Trinajstić information content (AvgIpc) is 2.97. The first-order valence-corrected chi connectivity index (χ1v) is 7.37. The number of nitrogens with one attached hydrogen (secondary N) is 1. The Bertz CT molecular complexity index is 419. The molecule has 5 heteroatoms. The van der Waals surface area contributed by atoms with Gasteiger partial charge in [0.15, 0.2) is 0 Å². The number of amides is 1. The van der Waals surface area contributed by atoms with Gasteiger partial charge in [0, 0.05) is 12.1 Å². The third-order valence-corrected chi connectivity index (χ3v) is 4.31. The number of carbonyl (C=O) groups is 1. The molecular weight excluding hydrogens is 254 g/mol. The predicted octanol–water partition coefficient (Wildman–Crippen LogP) is 1.49. The molecule has 0 saturated heterocycles. The van der Waals surface area contributed by atoms with Gasteiger partial charge in [-0.3, -0.25) is 9.69 Å². The molecule has 3 N–H and O–H groups in total. The molecule has 1 aromatic rings. The van der Waals surface area contributed by atoms with E-state index in [9.17, 15) is 4.79 Å². The Kier molecular flexibility index (Phi) is 5.20. The van der Waals surface area contributed by atoms with E-state index in [2.05, 4.69) is 10.2 Å². The second-order valence-electron chi connectivity index (χ2n) is 5.65. The van der Waals surface area contributed by atoms with Crippen molar-refractivity contribution in [2.45, 2.75) is 57.3 Å². The summed E-state index contributed by atoms with van der Waals surface area (Å²) < 4.78 is 5.21. The molecule has 3 unspecified atom stereocenters. The molecule has 0 spiro atoms. The second-order valence-corrected chi connectivity index (χ2v) is 5.65. The monoisotopic (exact) mass is 279 g/mol. The van der Waals surface area contributed by atoms with Gasteiger partial charge in [0.2, 0.25) is 5.91 Å². The standard InChI is InChI=1S/C15H25N3O2/c1-11(15(19)17-10-12-6-5-9-20-12)18(2)14-8-4-3-7-13(14)16/h5-6,9,11,13-14H,3-4,7-8,10,16H2,1-2H3,(H,17,19). The quantitative estimate of drug-likeness (QED) is 0.856. The summed E-state index contributed by atoms with van der Waals surface area (Å²) in [4.78, 5) is 14.3. The van der Waals surface area contributed by atoms with E-state index in [0.29, 0.717) is 12.6 Å². The molecule has 1 aliphatic rings. The topological polar surface area (TPSA) is 71.5 Å². The number of nitrogens with two attached hydrogens (primary N) is 1. The molecule has 0 aromatic carbocycles. The fourth-order valence-corrected chi connectivity index (χ4v) is 2.85. The Labute approximate surface area is 120 Å². The molecule has 1 saturated carbocycles. The molecule has 1 aromatic heterocycles. The van der Waals surface area contributed by atoms with Crippen LogP contribution in [0.4, 0.5) is 0 Å². The van der Waals surface area contributed by atoms with E-state index in [4.69, 9.17) is 10.2 Å². The molecule has 1 heterocycles. The molecule has 5 nitrogen and oxygen atoms in total. The molecular formula is C15H25N3O2. The van der Waals surface area contributed by atoms with Crippen molar-refractivity contribution < 1.29 is 9.21 Å². The lowest BCUT2D eigenvalue weighted by atomic mass is 9.89. The lowest BCUT2D eigenvalue weighted by Crippen LogP contribution is -2.54. The molecule has 0 aliphatic heterocycles. The van der Waals surface area contributed by atoms with Crippen LogP contribution < -0.4 is 11.1 Å². The summed E-state index contributed by atoms with van der Waals surface area (Å²) in [5.74, 6) is 0.782. The zero-order valence-electron chi connectivity index (χ0n) is 12.3. The number of likely N-dealkylation sites (N-methyl/N-ethyl adjacent to an activating group) is 1. The highest BCUT2D eigenvalue weighted by atomic mass is 16.3. The summed E-state index contributed by atoms with van der Waals surface area (Å²) in [7, 11) is 1.99. The van der Waals surface area contributed by atoms with Crippen molar-refractivity contribution in [2.24, 2.45) is 5.73 Å². The molecule has 1 aliphatic carbocycles. The Morgan fingerprint density at radius 3 is 2.95 bits per heavy atom. The van der Waals surface area contributed by atoms with Crippen LogP contribution in [0.5, 0.6) is 0 Å². The van der Waals surface area contributed by atoms with Gasteiger partial charge in [-0.2, -0.15) is 0 Å². The Hall–Kier alpha value is -1.33. The fraction of sp³-hybridized carbons (Fsp3) is 0.667. The first kappa shape index (κ1) is 15.1. The lowest BCUT2D eigenvalue weighted by molar-refractivity contribution is -0.126. The van der Waals surface area contributed by atoms with Gasteiger partial charge in [-0.15, -0.1) is 0 Å². The number of rotatable bonds is 5. The SMILES string of the molecule is CC(C(=O)NCc1ccco1)N(C)C1CCCCC1N. The molecule has 20 heavy (non-hydrogen) atoms. The minimum Gasteiger partial charge on any atom is -0.467 e. The number of carbonyl (C=O) groups excluding carboxylic acids is 1. The first-order valence-electron chi connectivity index (χ1n) is 7.37. The Balaban J connectivity index is 1.85. The van der Waals surface area contributed by atoms with Gasteiger partial charge in [0.25, 0.3) is 0 Å². The second kappa shape index (κ2) is 6.90. The zero-order chi connectivity index (χ0) is 14.5. The lowest BCUT2D eigenvalue weighted by Gasteiger charge is -2.38. The molecule has 0 radical (unpaired) electrons. The molecule has 2 rings (SSSR count). The number of furan rings is 1.